The van der Waals surface area contributed by atoms with Crippen molar-refractivity contribution >= 4 is 5.91 Å². The Hall–Kier alpha value is -1.59. The number of hydrogen-bond acceptors (Lipinski definition) is 8. The lowest BCUT2D eigenvalue weighted by atomic mass is 9.99. The molecule has 0 spiro atoms. The van der Waals surface area contributed by atoms with Gasteiger partial charge in [0.05, 0.1) is 25.4 Å². The van der Waals surface area contributed by atoms with Gasteiger partial charge in [-0.25, -0.2) is 0 Å². The molecule has 1 fully saturated rings. The number of carbonyl (C=O) groups excluding carboxylic acids is 1. The van der Waals surface area contributed by atoms with Crippen LogP contribution in [0.5, 0.6) is 0 Å². The quantitative estimate of drug-likeness (QED) is 0.0261. The molecule has 0 aromatic carbocycles. The van der Waals surface area contributed by atoms with Gasteiger partial charge in [0.2, 0.25) is 5.91 Å². The van der Waals surface area contributed by atoms with Gasteiger partial charge in [0.15, 0.2) is 6.29 Å². The number of allylic oxidation sites excluding steroid dienone is 5. The smallest absolute Gasteiger partial charge is 0.220 e. The lowest BCUT2D eigenvalue weighted by Gasteiger charge is -2.40. The first-order chi connectivity index (χ1) is 32.3. The van der Waals surface area contributed by atoms with Crippen molar-refractivity contribution in [1.29, 1.82) is 0 Å². The van der Waals surface area contributed by atoms with E-state index in [4.69, 9.17) is 9.47 Å². The van der Waals surface area contributed by atoms with Crippen molar-refractivity contribution in [3.8, 4) is 0 Å². The minimum atomic E-state index is -1.57. The molecule has 1 aliphatic heterocycles. The van der Waals surface area contributed by atoms with Crippen molar-refractivity contribution in [2.45, 2.75) is 307 Å². The Morgan fingerprint density at radius 2 is 0.864 bits per heavy atom. The molecule has 0 bridgehead atoms. The Labute approximate surface area is 406 Å². The highest BCUT2D eigenvalue weighted by atomic mass is 16.7. The van der Waals surface area contributed by atoms with E-state index in [-0.39, 0.29) is 12.5 Å². The summed E-state index contributed by atoms with van der Waals surface area (Å²) in [5.74, 6) is -0.186. The first-order valence-corrected chi connectivity index (χ1v) is 28.2. The summed E-state index contributed by atoms with van der Waals surface area (Å²) in [6.45, 7) is 3.79. The Kier molecular flexibility index (Phi) is 44.6. The molecule has 6 N–H and O–H groups in total. The third-order valence-electron chi connectivity index (χ3n) is 13.4. The Morgan fingerprint density at radius 1 is 0.500 bits per heavy atom. The average Bonchev–Trinajstić information content (AvgIpc) is 3.32. The van der Waals surface area contributed by atoms with Crippen LogP contribution in [0.15, 0.2) is 36.5 Å². The molecule has 9 heteroatoms. The number of unbranched alkanes of at least 4 members (excludes halogenated alkanes) is 34. The van der Waals surface area contributed by atoms with E-state index >= 15 is 0 Å². The summed E-state index contributed by atoms with van der Waals surface area (Å²) >= 11 is 0. The standard InChI is InChI=1S/C57H107NO8/c1-3-5-7-9-11-13-15-17-19-21-23-25-27-28-30-32-34-36-38-40-42-44-46-51(60)50(49-65-57-56(64)55(63)54(62)52(48-59)66-57)58-53(61)47-45-43-41-39-37-35-33-31-29-26-24-22-20-18-16-14-12-10-8-6-4-2/h28,30,36,38,44,46,50-52,54-57,59-60,62-64H,3-27,29,31-35,37,39-43,45,47-49H2,1-2H3,(H,58,61)/b30-28+,38-36+,46-44+. The zero-order valence-corrected chi connectivity index (χ0v) is 43.0. The molecule has 388 valence electrons. The molecule has 1 heterocycles. The fourth-order valence-electron chi connectivity index (χ4n) is 8.96. The average molecular weight is 934 g/mol. The number of hydrogen-bond donors (Lipinski definition) is 6. The zero-order valence-electron chi connectivity index (χ0n) is 43.0. The van der Waals surface area contributed by atoms with Gasteiger partial charge in [-0.15, -0.1) is 0 Å². The van der Waals surface area contributed by atoms with Crippen LogP contribution in [0.2, 0.25) is 0 Å². The van der Waals surface area contributed by atoms with Gasteiger partial charge in [0.1, 0.15) is 24.4 Å². The second kappa shape index (κ2) is 47.1. The minimum absolute atomic E-state index is 0.186. The summed E-state index contributed by atoms with van der Waals surface area (Å²) in [4.78, 5) is 13.0. The molecule has 1 amide bonds. The van der Waals surface area contributed by atoms with E-state index in [2.05, 4.69) is 43.5 Å². The number of aliphatic hydroxyl groups excluding tert-OH is 5. The summed E-state index contributed by atoms with van der Waals surface area (Å²) in [5.41, 5.74) is 0. The SMILES string of the molecule is CCCCCCCCCCCCCC/C=C/CC/C=C/CC/C=C/C(O)C(COC1OC(CO)C(O)C(O)C1O)NC(=O)CCCCCCCCCCCCCCCCCCCCCCC. The molecule has 7 atom stereocenters. The van der Waals surface area contributed by atoms with Crippen LogP contribution in [0.1, 0.15) is 264 Å². The molecular weight excluding hydrogens is 827 g/mol. The van der Waals surface area contributed by atoms with Gasteiger partial charge >= 0.3 is 0 Å². The van der Waals surface area contributed by atoms with Crippen molar-refractivity contribution in [2.24, 2.45) is 0 Å². The number of nitrogens with one attached hydrogen (secondary N) is 1. The van der Waals surface area contributed by atoms with Crippen LogP contribution in [-0.4, -0.2) is 87.5 Å². The summed E-state index contributed by atoms with van der Waals surface area (Å²) in [5, 5.41) is 54.4. The lowest BCUT2D eigenvalue weighted by Crippen LogP contribution is -2.60. The molecule has 0 aromatic heterocycles. The lowest BCUT2D eigenvalue weighted by molar-refractivity contribution is -0.302. The zero-order chi connectivity index (χ0) is 48.0. The normalized spacial score (nSPS) is 20.0. The number of rotatable bonds is 48. The van der Waals surface area contributed by atoms with Gasteiger partial charge in [-0.05, 0) is 44.9 Å². The molecule has 1 saturated heterocycles. The molecule has 66 heavy (non-hydrogen) atoms. The number of amides is 1. The van der Waals surface area contributed by atoms with Crippen molar-refractivity contribution in [2.75, 3.05) is 13.2 Å². The van der Waals surface area contributed by atoms with Crippen LogP contribution >= 0.6 is 0 Å². The Balaban J connectivity index is 2.28. The van der Waals surface area contributed by atoms with E-state index in [9.17, 15) is 30.3 Å². The fraction of sp³-hybridized carbons (Fsp3) is 0.877. The van der Waals surface area contributed by atoms with Crippen molar-refractivity contribution in [3.63, 3.8) is 0 Å². The summed E-state index contributed by atoms with van der Waals surface area (Å²) in [7, 11) is 0. The van der Waals surface area contributed by atoms with Gasteiger partial charge in [-0.1, -0.05) is 249 Å². The summed E-state index contributed by atoms with van der Waals surface area (Å²) in [6.07, 6.45) is 53.5. The Bertz CT molecular complexity index is 1130. The largest absolute Gasteiger partial charge is 0.394 e. The molecule has 0 aliphatic carbocycles. The molecular formula is C57H107NO8. The molecule has 0 radical (unpaired) electrons. The molecule has 0 aromatic rings. The van der Waals surface area contributed by atoms with Crippen molar-refractivity contribution in [1.82, 2.24) is 5.32 Å². The summed E-state index contributed by atoms with van der Waals surface area (Å²) in [6, 6.07) is -0.826. The molecule has 1 rings (SSSR count). The minimum Gasteiger partial charge on any atom is -0.394 e. The maximum atomic E-state index is 13.0. The second-order valence-electron chi connectivity index (χ2n) is 19.7. The van der Waals surface area contributed by atoms with Gasteiger partial charge < -0.3 is 40.3 Å². The number of aliphatic hydroxyl groups is 5. The molecule has 1 aliphatic rings. The molecule has 0 saturated carbocycles. The third kappa shape index (κ3) is 36.4. The van der Waals surface area contributed by atoms with Crippen LogP contribution in [0.25, 0.3) is 0 Å². The third-order valence-corrected chi connectivity index (χ3v) is 13.4. The van der Waals surface area contributed by atoms with Gasteiger partial charge in [0, 0.05) is 6.42 Å². The van der Waals surface area contributed by atoms with Crippen LogP contribution < -0.4 is 5.32 Å². The van der Waals surface area contributed by atoms with Crippen LogP contribution in [0.4, 0.5) is 0 Å². The Morgan fingerprint density at radius 3 is 1.27 bits per heavy atom. The van der Waals surface area contributed by atoms with E-state index in [1.54, 1.807) is 6.08 Å². The summed E-state index contributed by atoms with van der Waals surface area (Å²) < 4.78 is 11.2. The highest BCUT2D eigenvalue weighted by molar-refractivity contribution is 5.76. The van der Waals surface area contributed by atoms with E-state index in [1.807, 2.05) is 6.08 Å². The van der Waals surface area contributed by atoms with E-state index < -0.39 is 49.5 Å². The van der Waals surface area contributed by atoms with E-state index in [0.717, 1.165) is 44.9 Å². The highest BCUT2D eigenvalue weighted by Gasteiger charge is 2.44. The maximum absolute atomic E-state index is 13.0. The number of carbonyl (C=O) groups is 1. The maximum Gasteiger partial charge on any atom is 0.220 e. The van der Waals surface area contributed by atoms with Crippen molar-refractivity contribution < 1.29 is 39.8 Å². The van der Waals surface area contributed by atoms with Crippen LogP contribution in [0.3, 0.4) is 0 Å². The molecule has 9 nitrogen and oxygen atoms in total. The van der Waals surface area contributed by atoms with Crippen LogP contribution in [-0.2, 0) is 14.3 Å². The topological polar surface area (TPSA) is 149 Å². The van der Waals surface area contributed by atoms with Gasteiger partial charge in [0.25, 0.3) is 0 Å². The first-order valence-electron chi connectivity index (χ1n) is 28.2. The predicted molar refractivity (Wildman–Crippen MR) is 276 cm³/mol. The number of ether oxygens (including phenoxy) is 2. The predicted octanol–water partition coefficient (Wildman–Crippen LogP) is 13.6. The van der Waals surface area contributed by atoms with Crippen LogP contribution in [0, 0.1) is 0 Å². The van der Waals surface area contributed by atoms with Gasteiger partial charge in [-0.3, -0.25) is 4.79 Å². The molecule has 7 unspecified atom stereocenters. The van der Waals surface area contributed by atoms with E-state index in [0.29, 0.717) is 6.42 Å². The van der Waals surface area contributed by atoms with E-state index in [1.165, 1.54) is 199 Å². The monoisotopic (exact) mass is 934 g/mol. The van der Waals surface area contributed by atoms with Crippen molar-refractivity contribution in [3.05, 3.63) is 36.5 Å². The second-order valence-corrected chi connectivity index (χ2v) is 19.7. The highest BCUT2D eigenvalue weighted by Crippen LogP contribution is 2.23. The van der Waals surface area contributed by atoms with Gasteiger partial charge in [-0.2, -0.15) is 0 Å². The first kappa shape index (κ1) is 62.4. The fourth-order valence-corrected chi connectivity index (χ4v) is 8.96.